The molecule has 0 aliphatic heterocycles. The molecule has 1 saturated carbocycles. The quantitative estimate of drug-likeness (QED) is 0.504. The van der Waals surface area contributed by atoms with Crippen LogP contribution in [0.25, 0.3) is 0 Å². The summed E-state index contributed by atoms with van der Waals surface area (Å²) in [7, 11) is -1.86. The molecule has 0 heterocycles. The summed E-state index contributed by atoms with van der Waals surface area (Å²) in [6, 6.07) is 0.595. The van der Waals surface area contributed by atoms with Crippen molar-refractivity contribution in [1.82, 2.24) is 15.4 Å². The van der Waals surface area contributed by atoms with Crippen LogP contribution in [0.1, 0.15) is 19.3 Å². The molecule has 7 heteroatoms. The Morgan fingerprint density at radius 1 is 1.31 bits per heavy atom. The fourth-order valence-corrected chi connectivity index (χ4v) is 1.77. The van der Waals surface area contributed by atoms with Crippen LogP contribution in [0.15, 0.2) is 0 Å². The minimum absolute atomic E-state index is 0.0781. The van der Waals surface area contributed by atoms with Gasteiger partial charge in [0.1, 0.15) is 0 Å². The van der Waals surface area contributed by atoms with Gasteiger partial charge in [-0.1, -0.05) is 0 Å². The van der Waals surface area contributed by atoms with Gasteiger partial charge in [-0.2, -0.15) is 0 Å². The van der Waals surface area contributed by atoms with Crippen molar-refractivity contribution < 1.29 is 13.2 Å². The van der Waals surface area contributed by atoms with Gasteiger partial charge in [-0.3, -0.25) is 4.79 Å². The number of hydrogen-bond donors (Lipinski definition) is 3. The van der Waals surface area contributed by atoms with Gasteiger partial charge in [0.05, 0.1) is 5.75 Å². The van der Waals surface area contributed by atoms with E-state index in [0.717, 1.165) is 0 Å². The molecule has 16 heavy (non-hydrogen) atoms. The summed E-state index contributed by atoms with van der Waals surface area (Å²) in [6.07, 6.45) is 2.79. The van der Waals surface area contributed by atoms with Crippen molar-refractivity contribution in [2.75, 3.05) is 25.9 Å². The molecular formula is C9H19N3O3S. The second kappa shape index (κ2) is 6.17. The first-order valence-electron chi connectivity index (χ1n) is 5.45. The maximum absolute atomic E-state index is 11.3. The molecule has 1 aliphatic carbocycles. The van der Waals surface area contributed by atoms with Crippen LogP contribution >= 0.6 is 0 Å². The zero-order valence-electron chi connectivity index (χ0n) is 9.45. The Balaban J connectivity index is 2.00. The van der Waals surface area contributed by atoms with Gasteiger partial charge in [0.15, 0.2) is 0 Å². The van der Waals surface area contributed by atoms with E-state index in [0.29, 0.717) is 19.0 Å². The van der Waals surface area contributed by atoms with Crippen LogP contribution < -0.4 is 15.4 Å². The Morgan fingerprint density at radius 2 is 2.00 bits per heavy atom. The number of sulfonamides is 1. The van der Waals surface area contributed by atoms with E-state index in [2.05, 4.69) is 15.4 Å². The van der Waals surface area contributed by atoms with Gasteiger partial charge in [-0.25, -0.2) is 13.1 Å². The van der Waals surface area contributed by atoms with Gasteiger partial charge in [0.2, 0.25) is 15.9 Å². The summed E-state index contributed by atoms with van der Waals surface area (Å²) >= 11 is 0. The molecule has 1 fully saturated rings. The third kappa shape index (κ3) is 6.04. The summed E-state index contributed by atoms with van der Waals surface area (Å²) in [5, 5.41) is 5.78. The molecule has 94 valence electrons. The zero-order chi connectivity index (χ0) is 12.0. The molecule has 0 atom stereocenters. The minimum atomic E-state index is -3.22. The summed E-state index contributed by atoms with van der Waals surface area (Å²) in [5.41, 5.74) is 0. The number of amides is 1. The molecule has 1 amide bonds. The Labute approximate surface area is 96.2 Å². The average Bonchev–Trinajstić information content (AvgIpc) is 3.01. The van der Waals surface area contributed by atoms with E-state index in [1.54, 1.807) is 0 Å². The van der Waals surface area contributed by atoms with Crippen LogP contribution in [0.5, 0.6) is 0 Å². The number of carbonyl (C=O) groups excluding carboxylic acids is 1. The largest absolute Gasteiger partial charge is 0.355 e. The predicted octanol–water partition coefficient (Wildman–Crippen LogP) is -1.21. The van der Waals surface area contributed by atoms with Crippen LogP contribution in [-0.2, 0) is 14.8 Å². The molecular weight excluding hydrogens is 230 g/mol. The Hall–Kier alpha value is -0.660. The maximum Gasteiger partial charge on any atom is 0.221 e. The van der Waals surface area contributed by atoms with E-state index in [1.807, 2.05) is 0 Å². The first-order valence-corrected chi connectivity index (χ1v) is 7.10. The highest BCUT2D eigenvalue weighted by Gasteiger charge is 2.20. The average molecular weight is 249 g/mol. The van der Waals surface area contributed by atoms with E-state index < -0.39 is 10.0 Å². The first-order chi connectivity index (χ1) is 7.53. The molecule has 6 nitrogen and oxygen atoms in total. The summed E-state index contributed by atoms with van der Waals surface area (Å²) in [5.74, 6) is -0.190. The van der Waals surface area contributed by atoms with Crippen LogP contribution in [-0.4, -0.2) is 46.3 Å². The molecule has 0 bridgehead atoms. The predicted molar refractivity (Wildman–Crippen MR) is 61.5 cm³/mol. The van der Waals surface area contributed by atoms with Gasteiger partial charge in [-0.05, 0) is 19.9 Å². The van der Waals surface area contributed by atoms with Crippen LogP contribution in [0.2, 0.25) is 0 Å². The van der Waals surface area contributed by atoms with Crippen molar-refractivity contribution in [3.8, 4) is 0 Å². The highest BCUT2D eigenvalue weighted by atomic mass is 32.2. The first kappa shape index (κ1) is 13.4. The van der Waals surface area contributed by atoms with E-state index in [4.69, 9.17) is 0 Å². The fraction of sp³-hybridized carbons (Fsp3) is 0.889. The zero-order valence-corrected chi connectivity index (χ0v) is 10.3. The third-order valence-corrected chi connectivity index (χ3v) is 3.73. The second-order valence-electron chi connectivity index (χ2n) is 3.85. The second-order valence-corrected chi connectivity index (χ2v) is 5.90. The Morgan fingerprint density at radius 3 is 2.56 bits per heavy atom. The molecule has 0 spiro atoms. The number of hydrogen-bond acceptors (Lipinski definition) is 4. The highest BCUT2D eigenvalue weighted by molar-refractivity contribution is 7.89. The standard InChI is InChI=1S/C9H19N3O3S/c1-10-16(14,15)7-6-12-9(13)4-5-11-8-2-3-8/h8,10-11H,2-7H2,1H3,(H,12,13). The maximum atomic E-state index is 11.3. The molecule has 0 aromatic rings. The summed E-state index contributed by atoms with van der Waals surface area (Å²) in [4.78, 5) is 11.3. The number of carbonyl (C=O) groups is 1. The van der Waals surface area contributed by atoms with E-state index >= 15 is 0 Å². The van der Waals surface area contributed by atoms with Crippen LogP contribution in [0.4, 0.5) is 0 Å². The van der Waals surface area contributed by atoms with Crippen LogP contribution in [0, 0.1) is 0 Å². The Kier molecular flexibility index (Phi) is 5.17. The van der Waals surface area contributed by atoms with Crippen molar-refractivity contribution in [2.24, 2.45) is 0 Å². The van der Waals surface area contributed by atoms with Gasteiger partial charge >= 0.3 is 0 Å². The lowest BCUT2D eigenvalue weighted by Crippen LogP contribution is -2.34. The van der Waals surface area contributed by atoms with Gasteiger partial charge in [-0.15, -0.1) is 0 Å². The van der Waals surface area contributed by atoms with E-state index in [9.17, 15) is 13.2 Å². The number of nitrogens with one attached hydrogen (secondary N) is 3. The summed E-state index contributed by atoms with van der Waals surface area (Å²) in [6.45, 7) is 0.820. The topological polar surface area (TPSA) is 87.3 Å². The molecule has 0 saturated heterocycles. The lowest BCUT2D eigenvalue weighted by molar-refractivity contribution is -0.120. The molecule has 1 aliphatic rings. The van der Waals surface area contributed by atoms with E-state index in [1.165, 1.54) is 19.9 Å². The molecule has 0 aromatic heterocycles. The van der Waals surface area contributed by atoms with Gasteiger partial charge in [0, 0.05) is 25.6 Å². The van der Waals surface area contributed by atoms with Crippen molar-refractivity contribution in [1.29, 1.82) is 0 Å². The van der Waals surface area contributed by atoms with Gasteiger partial charge < -0.3 is 10.6 Å². The van der Waals surface area contributed by atoms with E-state index in [-0.39, 0.29) is 18.2 Å². The lowest BCUT2D eigenvalue weighted by Gasteiger charge is -2.06. The fourth-order valence-electron chi connectivity index (χ4n) is 1.19. The number of rotatable bonds is 8. The molecule has 1 rings (SSSR count). The van der Waals surface area contributed by atoms with Crippen molar-refractivity contribution in [3.05, 3.63) is 0 Å². The lowest BCUT2D eigenvalue weighted by atomic mass is 10.4. The highest BCUT2D eigenvalue weighted by Crippen LogP contribution is 2.18. The summed E-state index contributed by atoms with van der Waals surface area (Å²) < 4.78 is 24.2. The molecule has 0 unspecified atom stereocenters. The molecule has 0 aromatic carbocycles. The van der Waals surface area contributed by atoms with Gasteiger partial charge in [0.25, 0.3) is 0 Å². The van der Waals surface area contributed by atoms with Crippen molar-refractivity contribution >= 4 is 15.9 Å². The monoisotopic (exact) mass is 249 g/mol. The minimum Gasteiger partial charge on any atom is -0.355 e. The molecule has 3 N–H and O–H groups in total. The normalized spacial score (nSPS) is 16.1. The SMILES string of the molecule is CNS(=O)(=O)CCNC(=O)CCNC1CC1. The third-order valence-electron chi connectivity index (χ3n) is 2.37. The van der Waals surface area contributed by atoms with Crippen molar-refractivity contribution in [3.63, 3.8) is 0 Å². The Bertz CT molecular complexity index is 325. The van der Waals surface area contributed by atoms with Crippen molar-refractivity contribution in [2.45, 2.75) is 25.3 Å². The molecule has 0 radical (unpaired) electrons. The van der Waals surface area contributed by atoms with Crippen LogP contribution in [0.3, 0.4) is 0 Å². The smallest absolute Gasteiger partial charge is 0.221 e.